The average molecular weight is 632 g/mol. The monoisotopic (exact) mass is 631 g/mol. The van der Waals surface area contributed by atoms with Gasteiger partial charge in [-0.3, -0.25) is 9.52 Å². The van der Waals surface area contributed by atoms with Gasteiger partial charge < -0.3 is 14.4 Å². The maximum atomic E-state index is 13.6. The lowest BCUT2D eigenvalue weighted by Crippen LogP contribution is -2.40. The fraction of sp³-hybridized carbons (Fsp3) is 0.516. The summed E-state index contributed by atoms with van der Waals surface area (Å²) in [6, 6.07) is 11.7. The third kappa shape index (κ3) is 6.29. The van der Waals surface area contributed by atoms with Crippen LogP contribution in [0.25, 0.3) is 5.82 Å². The van der Waals surface area contributed by atoms with Crippen molar-refractivity contribution >= 4 is 22.7 Å². The van der Waals surface area contributed by atoms with Gasteiger partial charge >= 0.3 is 6.18 Å². The van der Waals surface area contributed by atoms with E-state index in [1.165, 1.54) is 4.68 Å². The summed E-state index contributed by atoms with van der Waals surface area (Å²) < 4.78 is 68.4. The number of fused-ring (bicyclic) bond motifs is 8. The molecule has 44 heavy (non-hydrogen) atoms. The lowest BCUT2D eigenvalue weighted by Gasteiger charge is -2.34. The van der Waals surface area contributed by atoms with Gasteiger partial charge in [0, 0.05) is 24.3 Å². The number of carbonyl (C=O) groups is 1. The summed E-state index contributed by atoms with van der Waals surface area (Å²) in [5.74, 6) is 1.61. The molecule has 2 unspecified atom stereocenters. The van der Waals surface area contributed by atoms with Crippen LogP contribution in [0.5, 0.6) is 11.6 Å². The van der Waals surface area contributed by atoms with E-state index in [0.717, 1.165) is 25.7 Å². The summed E-state index contributed by atoms with van der Waals surface area (Å²) in [7, 11) is -1.81. The molecule has 1 saturated heterocycles. The van der Waals surface area contributed by atoms with Crippen LogP contribution in [0.1, 0.15) is 69.2 Å². The van der Waals surface area contributed by atoms with Crippen molar-refractivity contribution in [1.29, 1.82) is 0 Å². The van der Waals surface area contributed by atoms with Crippen molar-refractivity contribution in [3.63, 3.8) is 0 Å². The smallest absolute Gasteiger partial charge is 0.394 e. The predicted octanol–water partition coefficient (Wildman–Crippen LogP) is 6.00. The van der Waals surface area contributed by atoms with Gasteiger partial charge in [-0.15, -0.1) is 5.10 Å². The number of pyridine rings is 1. The Bertz CT molecular complexity index is 1540. The standard InChI is InChI=1S/C31H36F3N5O4S/c1-29(2)19-21-5-3-4-17-42-22-6-8-23(9-7-22)44(41)37-28(40)24-10-11-25(35-27(24)38(29)20-21)39-16-12-26(36-39)43-18-15-30(13-14-30)31(32,33)34/h6-12,16,21H,3-5,13-15,17-20H2,1-2H3,(H,37,40). The number of rotatable bonds is 5. The molecule has 4 bridgehead atoms. The van der Waals surface area contributed by atoms with Crippen molar-refractivity contribution in [2.75, 3.05) is 24.7 Å². The quantitative estimate of drug-likeness (QED) is 0.369. The van der Waals surface area contributed by atoms with Crippen molar-refractivity contribution in [1.82, 2.24) is 19.5 Å². The van der Waals surface area contributed by atoms with Crippen molar-refractivity contribution < 1.29 is 31.6 Å². The molecule has 5 heterocycles. The minimum Gasteiger partial charge on any atom is -0.494 e. The lowest BCUT2D eigenvalue weighted by atomic mass is 9.93. The van der Waals surface area contributed by atoms with E-state index in [-0.39, 0.29) is 42.9 Å². The van der Waals surface area contributed by atoms with Crippen LogP contribution >= 0.6 is 0 Å². The van der Waals surface area contributed by atoms with Gasteiger partial charge in [0.15, 0.2) is 16.8 Å². The third-order valence-electron chi connectivity index (χ3n) is 8.90. The van der Waals surface area contributed by atoms with E-state index in [2.05, 4.69) is 28.6 Å². The van der Waals surface area contributed by atoms with Gasteiger partial charge in [0.2, 0.25) is 5.88 Å². The molecule has 1 amide bonds. The fourth-order valence-electron chi connectivity index (χ4n) is 6.17. The first kappa shape index (κ1) is 30.4. The number of nitrogens with one attached hydrogen (secondary N) is 1. The van der Waals surface area contributed by atoms with Crippen LogP contribution in [-0.4, -0.2) is 56.4 Å². The second kappa shape index (κ2) is 11.7. The highest BCUT2D eigenvalue weighted by molar-refractivity contribution is 7.83. The zero-order valence-corrected chi connectivity index (χ0v) is 25.5. The molecule has 1 aromatic carbocycles. The number of alkyl halides is 3. The summed E-state index contributed by atoms with van der Waals surface area (Å²) in [5, 5.41) is 4.39. The summed E-state index contributed by atoms with van der Waals surface area (Å²) in [5.41, 5.74) is -1.66. The molecule has 2 atom stereocenters. The van der Waals surface area contributed by atoms with Crippen molar-refractivity contribution in [2.45, 2.75) is 75.4 Å². The Morgan fingerprint density at radius 1 is 1.11 bits per heavy atom. The maximum Gasteiger partial charge on any atom is 0.394 e. The molecule has 1 aliphatic carbocycles. The Kier molecular flexibility index (Phi) is 8.10. The van der Waals surface area contributed by atoms with E-state index in [0.29, 0.717) is 41.4 Å². The first-order valence-corrected chi connectivity index (χ1v) is 16.1. The predicted molar refractivity (Wildman–Crippen MR) is 158 cm³/mol. The SMILES string of the molecule is CC1(C)CC2CCCCOc3ccc(cc3)S(=O)NC(=O)c3ccc(-n4ccc(OCCC5(C(F)(F)F)CC5)n4)nc3N1C2. The van der Waals surface area contributed by atoms with E-state index < -0.39 is 28.5 Å². The van der Waals surface area contributed by atoms with Gasteiger partial charge in [-0.2, -0.15) is 13.2 Å². The maximum absolute atomic E-state index is 13.6. The second-order valence-corrected chi connectivity index (χ2v) is 13.7. The molecule has 236 valence electrons. The first-order chi connectivity index (χ1) is 20.9. The largest absolute Gasteiger partial charge is 0.494 e. The number of hydrogen-bond donors (Lipinski definition) is 1. The third-order valence-corrected chi connectivity index (χ3v) is 9.97. The molecule has 2 fully saturated rings. The van der Waals surface area contributed by atoms with Gasteiger partial charge in [-0.1, -0.05) is 0 Å². The lowest BCUT2D eigenvalue weighted by molar-refractivity contribution is -0.190. The Hall–Kier alpha value is -3.61. The van der Waals surface area contributed by atoms with Crippen LogP contribution in [0.4, 0.5) is 19.0 Å². The molecule has 1 N–H and O–H groups in total. The van der Waals surface area contributed by atoms with Crippen LogP contribution in [0.3, 0.4) is 0 Å². The Morgan fingerprint density at radius 2 is 1.89 bits per heavy atom. The van der Waals surface area contributed by atoms with Gasteiger partial charge in [0.1, 0.15) is 11.6 Å². The zero-order valence-electron chi connectivity index (χ0n) is 24.7. The van der Waals surface area contributed by atoms with E-state index in [4.69, 9.17) is 14.5 Å². The van der Waals surface area contributed by atoms with Crippen molar-refractivity contribution in [2.24, 2.45) is 11.3 Å². The molecule has 0 radical (unpaired) electrons. The minimum absolute atomic E-state index is 0.0936. The van der Waals surface area contributed by atoms with E-state index in [1.807, 2.05) is 0 Å². The number of benzene rings is 1. The summed E-state index contributed by atoms with van der Waals surface area (Å²) in [6.45, 7) is 5.43. The number of nitrogens with zero attached hydrogens (tertiary/aromatic N) is 4. The number of halogens is 3. The normalized spacial score (nSPS) is 22.9. The van der Waals surface area contributed by atoms with Crippen LogP contribution in [0.15, 0.2) is 53.6 Å². The van der Waals surface area contributed by atoms with Crippen LogP contribution in [-0.2, 0) is 11.0 Å². The minimum atomic E-state index is -4.23. The average Bonchev–Trinajstić information content (AvgIpc) is 3.53. The summed E-state index contributed by atoms with van der Waals surface area (Å²) in [4.78, 5) is 21.0. The number of anilines is 1. The number of ether oxygens (including phenoxy) is 2. The molecular formula is C31H36F3N5O4S. The van der Waals surface area contributed by atoms with Crippen molar-refractivity contribution in [3.8, 4) is 17.4 Å². The Morgan fingerprint density at radius 3 is 2.61 bits per heavy atom. The van der Waals surface area contributed by atoms with Gasteiger partial charge in [0.05, 0.1) is 29.1 Å². The molecular weight excluding hydrogens is 595 g/mol. The summed E-state index contributed by atoms with van der Waals surface area (Å²) in [6.07, 6.45) is 1.36. The van der Waals surface area contributed by atoms with E-state index >= 15 is 0 Å². The van der Waals surface area contributed by atoms with E-state index in [1.54, 1.807) is 48.7 Å². The van der Waals surface area contributed by atoms with E-state index in [9.17, 15) is 22.2 Å². The number of carbonyl (C=O) groups excluding carboxylic acids is 1. The summed E-state index contributed by atoms with van der Waals surface area (Å²) >= 11 is 0. The molecule has 4 aliphatic rings. The van der Waals surface area contributed by atoms with Gasteiger partial charge in [-0.25, -0.2) is 13.9 Å². The molecule has 9 nitrogen and oxygen atoms in total. The Labute approximate surface area is 256 Å². The van der Waals surface area contributed by atoms with Crippen molar-refractivity contribution in [3.05, 3.63) is 54.2 Å². The van der Waals surface area contributed by atoms with Crippen LogP contribution in [0, 0.1) is 11.3 Å². The van der Waals surface area contributed by atoms with Gasteiger partial charge in [0.25, 0.3) is 5.91 Å². The molecule has 3 aromatic rings. The highest BCUT2D eigenvalue weighted by Gasteiger charge is 2.62. The number of aromatic nitrogens is 3. The van der Waals surface area contributed by atoms with Gasteiger partial charge in [-0.05, 0) is 101 Å². The number of amides is 1. The molecule has 7 rings (SSSR count). The number of hydrogen-bond acceptors (Lipinski definition) is 7. The molecule has 2 aromatic heterocycles. The Balaban J connectivity index is 1.27. The highest BCUT2D eigenvalue weighted by atomic mass is 32.2. The topological polar surface area (TPSA) is 98.6 Å². The van der Waals surface area contributed by atoms with Crippen LogP contribution < -0.4 is 19.1 Å². The molecule has 3 aliphatic heterocycles. The zero-order chi connectivity index (χ0) is 31.1. The second-order valence-electron chi connectivity index (χ2n) is 12.5. The first-order valence-electron chi connectivity index (χ1n) is 14.9. The molecule has 0 spiro atoms. The molecule has 13 heteroatoms. The highest BCUT2D eigenvalue weighted by Crippen LogP contribution is 2.59. The van der Waals surface area contributed by atoms with Crippen LogP contribution in [0.2, 0.25) is 0 Å². The molecule has 1 saturated carbocycles. The fourth-order valence-corrected chi connectivity index (χ4v) is 6.95.